The number of hydrogen-bond acceptors (Lipinski definition) is 7. The van der Waals surface area contributed by atoms with E-state index < -0.39 is 0 Å². The van der Waals surface area contributed by atoms with E-state index in [0.29, 0.717) is 35.7 Å². The van der Waals surface area contributed by atoms with Gasteiger partial charge in [-0.2, -0.15) is 9.90 Å². The van der Waals surface area contributed by atoms with E-state index in [-0.39, 0.29) is 5.91 Å². The third-order valence-corrected chi connectivity index (χ3v) is 4.65. The lowest BCUT2D eigenvalue weighted by atomic mass is 10.1. The fraction of sp³-hybridized carbons (Fsp3) is 0.250. The summed E-state index contributed by atoms with van der Waals surface area (Å²) in [7, 11) is 3.36. The zero-order valence-corrected chi connectivity index (χ0v) is 17.0. The van der Waals surface area contributed by atoms with Gasteiger partial charge in [0.25, 0.3) is 5.91 Å². The Kier molecular flexibility index (Phi) is 5.40. The number of carbonyl (C=O) groups excluding carboxylic acids is 1. The van der Waals surface area contributed by atoms with Crippen molar-refractivity contribution in [3.05, 3.63) is 53.9 Å². The molecule has 0 aliphatic carbocycles. The Bertz CT molecular complexity index is 1200. The average molecular weight is 406 g/mol. The van der Waals surface area contributed by atoms with Gasteiger partial charge in [-0.3, -0.25) is 4.79 Å². The maximum atomic E-state index is 13.0. The monoisotopic (exact) mass is 406 g/mol. The molecule has 0 bridgehead atoms. The van der Waals surface area contributed by atoms with Crippen LogP contribution in [0.2, 0.25) is 0 Å². The molecular formula is C20H22N8O2. The third-order valence-electron chi connectivity index (χ3n) is 4.65. The smallest absolute Gasteiger partial charge is 0.259 e. The highest BCUT2D eigenvalue weighted by Gasteiger charge is 2.15. The summed E-state index contributed by atoms with van der Waals surface area (Å²) in [6.07, 6.45) is 3.37. The normalized spacial score (nSPS) is 11.0. The lowest BCUT2D eigenvalue weighted by Gasteiger charge is -2.10. The molecule has 10 nitrogen and oxygen atoms in total. The van der Waals surface area contributed by atoms with Crippen LogP contribution < -0.4 is 10.6 Å². The van der Waals surface area contributed by atoms with Gasteiger partial charge in [-0.15, -0.1) is 10.2 Å². The van der Waals surface area contributed by atoms with E-state index in [1.807, 2.05) is 43.5 Å². The lowest BCUT2D eigenvalue weighted by molar-refractivity contribution is 0.102. The van der Waals surface area contributed by atoms with Crippen LogP contribution in [0.5, 0.6) is 0 Å². The molecule has 0 aliphatic rings. The molecule has 30 heavy (non-hydrogen) atoms. The second-order valence-corrected chi connectivity index (χ2v) is 6.81. The van der Waals surface area contributed by atoms with E-state index in [1.54, 1.807) is 24.9 Å². The fourth-order valence-electron chi connectivity index (χ4n) is 3.05. The summed E-state index contributed by atoms with van der Waals surface area (Å²) in [4.78, 5) is 14.4. The van der Waals surface area contributed by atoms with Crippen molar-refractivity contribution in [2.75, 3.05) is 30.9 Å². The molecule has 2 N–H and O–H groups in total. The van der Waals surface area contributed by atoms with Gasteiger partial charge >= 0.3 is 0 Å². The first-order valence-electron chi connectivity index (χ1n) is 9.42. The number of methoxy groups -OCH3 is 1. The number of ether oxygens (including phenoxy) is 1. The Morgan fingerprint density at radius 3 is 2.87 bits per heavy atom. The number of nitrogens with one attached hydrogen (secondary N) is 2. The van der Waals surface area contributed by atoms with E-state index in [2.05, 4.69) is 31.1 Å². The summed E-state index contributed by atoms with van der Waals surface area (Å²) < 4.78 is 6.73. The summed E-state index contributed by atoms with van der Waals surface area (Å²) in [5.41, 5.74) is 4.45. The number of rotatable bonds is 7. The lowest BCUT2D eigenvalue weighted by Crippen LogP contribution is -2.13. The van der Waals surface area contributed by atoms with Crippen LogP contribution in [0.3, 0.4) is 0 Å². The van der Waals surface area contributed by atoms with Crippen LogP contribution in [0.1, 0.15) is 15.9 Å². The van der Waals surface area contributed by atoms with Gasteiger partial charge in [0.1, 0.15) is 0 Å². The van der Waals surface area contributed by atoms with Crippen LogP contribution in [0.15, 0.2) is 42.7 Å². The summed E-state index contributed by atoms with van der Waals surface area (Å²) >= 11 is 0. The minimum Gasteiger partial charge on any atom is -0.383 e. The second kappa shape index (κ2) is 8.29. The molecule has 0 saturated carbocycles. The molecule has 3 aromatic heterocycles. The number of anilines is 2. The van der Waals surface area contributed by atoms with Gasteiger partial charge in [0.2, 0.25) is 5.82 Å². The van der Waals surface area contributed by atoms with Crippen molar-refractivity contribution in [2.45, 2.75) is 6.92 Å². The maximum absolute atomic E-state index is 13.0. The van der Waals surface area contributed by atoms with Gasteiger partial charge in [0.05, 0.1) is 30.9 Å². The second-order valence-electron chi connectivity index (χ2n) is 6.81. The highest BCUT2D eigenvalue weighted by molar-refractivity contribution is 6.09. The Morgan fingerprint density at radius 1 is 1.23 bits per heavy atom. The molecule has 1 amide bonds. The molecule has 0 radical (unpaired) electrons. The molecule has 0 atom stereocenters. The van der Waals surface area contributed by atoms with Crippen molar-refractivity contribution < 1.29 is 9.53 Å². The van der Waals surface area contributed by atoms with Gasteiger partial charge in [-0.25, -0.2) is 4.52 Å². The summed E-state index contributed by atoms with van der Waals surface area (Å²) in [5.74, 6) is 0.252. The number of hydrogen-bond donors (Lipinski definition) is 2. The maximum Gasteiger partial charge on any atom is 0.259 e. The minimum atomic E-state index is -0.244. The van der Waals surface area contributed by atoms with Crippen LogP contribution >= 0.6 is 0 Å². The number of benzene rings is 1. The number of carbonyl (C=O) groups is 1. The number of nitrogens with zero attached hydrogens (tertiary/aromatic N) is 6. The molecule has 154 valence electrons. The number of amides is 1. The first-order valence-corrected chi connectivity index (χ1v) is 9.42. The Morgan fingerprint density at radius 2 is 2.10 bits per heavy atom. The van der Waals surface area contributed by atoms with Crippen molar-refractivity contribution in [1.29, 1.82) is 0 Å². The van der Waals surface area contributed by atoms with Crippen LogP contribution in [0, 0.1) is 6.92 Å². The van der Waals surface area contributed by atoms with Crippen LogP contribution in [0.4, 0.5) is 11.4 Å². The molecule has 0 spiro atoms. The quantitative estimate of drug-likeness (QED) is 0.452. The molecule has 3 heterocycles. The molecule has 0 saturated heterocycles. The molecule has 4 rings (SSSR count). The van der Waals surface area contributed by atoms with Gasteiger partial charge in [0.15, 0.2) is 0 Å². The zero-order valence-electron chi connectivity index (χ0n) is 17.0. The number of pyridine rings is 1. The predicted octanol–water partition coefficient (Wildman–Crippen LogP) is 2.14. The van der Waals surface area contributed by atoms with Gasteiger partial charge in [-0.05, 0) is 35.9 Å². The number of tetrazole rings is 1. The number of fused-ring (bicyclic) bond motifs is 1. The standard InChI is InChI=1S/C20H22N8O2/c1-13-4-5-14(19-24-26-27(2)25-19)10-17(13)23-20(29)16-12-22-28-8-6-15(11-18(16)28)21-7-9-30-3/h4-6,8,10-12,21H,7,9H2,1-3H3,(H,23,29). The van der Waals surface area contributed by atoms with Crippen LogP contribution in [-0.4, -0.2) is 56.0 Å². The van der Waals surface area contributed by atoms with Crippen molar-refractivity contribution in [3.63, 3.8) is 0 Å². The Balaban J connectivity index is 1.59. The highest BCUT2D eigenvalue weighted by atomic mass is 16.5. The Hall–Kier alpha value is -3.79. The first kappa shape index (κ1) is 19.5. The van der Waals surface area contributed by atoms with Crippen LogP contribution in [-0.2, 0) is 11.8 Å². The molecular weight excluding hydrogens is 384 g/mol. The van der Waals surface area contributed by atoms with E-state index in [9.17, 15) is 4.79 Å². The topological polar surface area (TPSA) is 111 Å². The van der Waals surface area contributed by atoms with Gasteiger partial charge in [0, 0.05) is 36.8 Å². The Labute approximate surface area is 172 Å². The molecule has 10 heteroatoms. The summed E-state index contributed by atoms with van der Waals surface area (Å²) in [5, 5.41) is 22.6. The first-order chi connectivity index (χ1) is 14.5. The van der Waals surface area contributed by atoms with Crippen molar-refractivity contribution in [2.24, 2.45) is 7.05 Å². The van der Waals surface area contributed by atoms with E-state index in [0.717, 1.165) is 16.8 Å². The van der Waals surface area contributed by atoms with Crippen molar-refractivity contribution in [3.8, 4) is 11.4 Å². The number of aryl methyl sites for hydroxylation is 2. The molecule has 1 aromatic carbocycles. The zero-order chi connectivity index (χ0) is 21.1. The number of aromatic nitrogens is 6. The molecule has 0 fully saturated rings. The molecule has 0 aliphatic heterocycles. The third kappa shape index (κ3) is 3.98. The molecule has 0 unspecified atom stereocenters. The van der Waals surface area contributed by atoms with Crippen LogP contribution in [0.25, 0.3) is 16.9 Å². The summed E-state index contributed by atoms with van der Waals surface area (Å²) in [6.45, 7) is 3.19. The predicted molar refractivity (Wildman–Crippen MR) is 112 cm³/mol. The van der Waals surface area contributed by atoms with Crippen molar-refractivity contribution in [1.82, 2.24) is 29.8 Å². The SMILES string of the molecule is COCCNc1ccn2ncc(C(=O)Nc3cc(-c4nnn(C)n4)ccc3C)c2c1. The minimum absolute atomic E-state index is 0.244. The van der Waals surface area contributed by atoms with E-state index >= 15 is 0 Å². The fourth-order valence-corrected chi connectivity index (χ4v) is 3.05. The van der Waals surface area contributed by atoms with E-state index in [1.165, 1.54) is 4.80 Å². The highest BCUT2D eigenvalue weighted by Crippen LogP contribution is 2.24. The molecule has 4 aromatic rings. The largest absolute Gasteiger partial charge is 0.383 e. The van der Waals surface area contributed by atoms with E-state index in [4.69, 9.17) is 4.74 Å². The van der Waals surface area contributed by atoms with Gasteiger partial charge in [-0.1, -0.05) is 12.1 Å². The average Bonchev–Trinajstić information content (AvgIpc) is 3.36. The summed E-state index contributed by atoms with van der Waals surface area (Å²) in [6, 6.07) is 9.45. The van der Waals surface area contributed by atoms with Crippen molar-refractivity contribution >= 4 is 22.8 Å². The van der Waals surface area contributed by atoms with Gasteiger partial charge < -0.3 is 15.4 Å².